The molecule has 1 aromatic rings. The second kappa shape index (κ2) is 8.70. The largest absolute Gasteiger partial charge is 0.444 e. The van der Waals surface area contributed by atoms with Gasteiger partial charge in [-0.3, -0.25) is 0 Å². The molecule has 0 radical (unpaired) electrons. The number of nitrogens with one attached hydrogen (secondary N) is 1. The van der Waals surface area contributed by atoms with E-state index in [2.05, 4.69) is 5.32 Å². The highest BCUT2D eigenvalue weighted by Gasteiger charge is 2.21. The van der Waals surface area contributed by atoms with E-state index in [9.17, 15) is 14.3 Å². The van der Waals surface area contributed by atoms with E-state index in [0.29, 0.717) is 0 Å². The third kappa shape index (κ3) is 7.95. The maximum absolute atomic E-state index is 13.7. The first-order valence-electron chi connectivity index (χ1n) is 7.18. The molecular formula is C16H24FNO4. The predicted octanol–water partition coefficient (Wildman–Crippen LogP) is 2.43. The highest BCUT2D eigenvalue weighted by atomic mass is 19.1. The topological polar surface area (TPSA) is 67.8 Å². The smallest absolute Gasteiger partial charge is 0.407 e. The summed E-state index contributed by atoms with van der Waals surface area (Å²) in [5, 5.41) is 12.0. The minimum Gasteiger partial charge on any atom is -0.444 e. The summed E-state index contributed by atoms with van der Waals surface area (Å²) in [4.78, 5) is 11.4. The van der Waals surface area contributed by atoms with Crippen molar-refractivity contribution in [2.45, 2.75) is 45.3 Å². The number of hydrogen-bond acceptors (Lipinski definition) is 4. The Kier molecular flexibility index (Phi) is 7.27. The van der Waals surface area contributed by atoms with Gasteiger partial charge in [-0.25, -0.2) is 9.18 Å². The monoisotopic (exact) mass is 313 g/mol. The first kappa shape index (κ1) is 18.4. The van der Waals surface area contributed by atoms with Gasteiger partial charge in [-0.15, -0.1) is 0 Å². The zero-order valence-corrected chi connectivity index (χ0v) is 13.2. The van der Waals surface area contributed by atoms with Crippen molar-refractivity contribution in [1.82, 2.24) is 5.32 Å². The van der Waals surface area contributed by atoms with E-state index in [1.807, 2.05) is 30.3 Å². The lowest BCUT2D eigenvalue weighted by molar-refractivity contribution is -0.000460. The van der Waals surface area contributed by atoms with Crippen LogP contribution in [0.3, 0.4) is 0 Å². The first-order valence-corrected chi connectivity index (χ1v) is 7.18. The number of carbonyl (C=O) groups is 1. The highest BCUT2D eigenvalue weighted by Crippen LogP contribution is 2.07. The second-order valence-electron chi connectivity index (χ2n) is 5.97. The van der Waals surface area contributed by atoms with Gasteiger partial charge in [0.05, 0.1) is 13.2 Å². The van der Waals surface area contributed by atoms with Gasteiger partial charge in [0.2, 0.25) is 0 Å². The van der Waals surface area contributed by atoms with Gasteiger partial charge in [-0.05, 0) is 26.3 Å². The molecule has 0 saturated heterocycles. The molecular weight excluding hydrogens is 289 g/mol. The zero-order chi connectivity index (χ0) is 16.6. The van der Waals surface area contributed by atoms with Crippen molar-refractivity contribution in [2.24, 2.45) is 0 Å². The summed E-state index contributed by atoms with van der Waals surface area (Å²) in [5.41, 5.74) is 0.291. The highest BCUT2D eigenvalue weighted by molar-refractivity contribution is 5.67. The van der Waals surface area contributed by atoms with Crippen LogP contribution < -0.4 is 5.32 Å². The Morgan fingerprint density at radius 2 is 1.95 bits per heavy atom. The standard InChI is InChI=1S/C16H24FNO4/c1-16(2,3)22-15(20)18-9-14(19)13(17)11-21-10-12-7-5-4-6-8-12/h4-8,13-14,19H,9-11H2,1-3H3,(H,18,20)/t13-,14+/m1/s1. The Labute approximate surface area is 130 Å². The molecule has 0 unspecified atom stereocenters. The number of ether oxygens (including phenoxy) is 2. The molecule has 0 aromatic heterocycles. The molecule has 1 amide bonds. The SMILES string of the molecule is CC(C)(C)OC(=O)NC[C@H](O)[C@H](F)COCc1ccccc1. The summed E-state index contributed by atoms with van der Waals surface area (Å²) in [6, 6.07) is 9.35. The summed E-state index contributed by atoms with van der Waals surface area (Å²) in [7, 11) is 0. The van der Waals surface area contributed by atoms with Crippen LogP contribution in [0.15, 0.2) is 30.3 Å². The molecule has 0 aliphatic rings. The fraction of sp³-hybridized carbons (Fsp3) is 0.562. The van der Waals surface area contributed by atoms with Crippen molar-refractivity contribution >= 4 is 6.09 Å². The number of benzene rings is 1. The van der Waals surface area contributed by atoms with Crippen molar-refractivity contribution in [1.29, 1.82) is 0 Å². The molecule has 22 heavy (non-hydrogen) atoms. The molecule has 1 aromatic carbocycles. The fourth-order valence-electron chi connectivity index (χ4n) is 1.60. The molecule has 124 valence electrons. The summed E-state index contributed by atoms with van der Waals surface area (Å²) < 4.78 is 23.9. The fourth-order valence-corrected chi connectivity index (χ4v) is 1.60. The number of halogens is 1. The Hall–Kier alpha value is -1.66. The lowest BCUT2D eigenvalue weighted by Gasteiger charge is -2.21. The molecule has 0 aliphatic heterocycles. The molecule has 6 heteroatoms. The van der Waals surface area contributed by atoms with Crippen LogP contribution in [0.4, 0.5) is 9.18 Å². The molecule has 0 aliphatic carbocycles. The normalized spacial score (nSPS) is 14.2. The van der Waals surface area contributed by atoms with Crippen molar-refractivity contribution < 1.29 is 23.8 Å². The van der Waals surface area contributed by atoms with E-state index in [1.54, 1.807) is 20.8 Å². The summed E-state index contributed by atoms with van der Waals surface area (Å²) in [5.74, 6) is 0. The quantitative estimate of drug-likeness (QED) is 0.811. The molecule has 5 nitrogen and oxygen atoms in total. The number of aliphatic hydroxyl groups excluding tert-OH is 1. The van der Waals surface area contributed by atoms with Crippen LogP contribution in [0.5, 0.6) is 0 Å². The van der Waals surface area contributed by atoms with Crippen LogP contribution in [0, 0.1) is 0 Å². The zero-order valence-electron chi connectivity index (χ0n) is 13.2. The summed E-state index contributed by atoms with van der Waals surface area (Å²) >= 11 is 0. The average Bonchev–Trinajstić information content (AvgIpc) is 2.44. The van der Waals surface area contributed by atoms with Crippen molar-refractivity contribution in [2.75, 3.05) is 13.2 Å². The summed E-state index contributed by atoms with van der Waals surface area (Å²) in [6.07, 6.45) is -3.62. The Morgan fingerprint density at radius 1 is 1.32 bits per heavy atom. The van der Waals surface area contributed by atoms with Gasteiger partial charge in [-0.2, -0.15) is 0 Å². The number of rotatable bonds is 7. The van der Waals surface area contributed by atoms with E-state index in [-0.39, 0.29) is 19.8 Å². The van der Waals surface area contributed by atoms with Gasteiger partial charge >= 0.3 is 6.09 Å². The van der Waals surface area contributed by atoms with Crippen molar-refractivity contribution in [3.8, 4) is 0 Å². The van der Waals surface area contributed by atoms with Gasteiger partial charge in [0.15, 0.2) is 6.17 Å². The molecule has 0 spiro atoms. The molecule has 0 heterocycles. The van der Waals surface area contributed by atoms with Gasteiger partial charge < -0.3 is 19.9 Å². The number of hydrogen-bond donors (Lipinski definition) is 2. The first-order chi connectivity index (χ1) is 10.3. The van der Waals surface area contributed by atoms with E-state index < -0.39 is 24.0 Å². The minimum atomic E-state index is -1.58. The molecule has 1 rings (SSSR count). The van der Waals surface area contributed by atoms with Gasteiger partial charge in [0, 0.05) is 6.54 Å². The van der Waals surface area contributed by atoms with Crippen LogP contribution >= 0.6 is 0 Å². The van der Waals surface area contributed by atoms with Gasteiger partial charge in [0.25, 0.3) is 0 Å². The third-order valence-electron chi connectivity index (χ3n) is 2.66. The number of aliphatic hydroxyl groups is 1. The molecule has 0 fully saturated rings. The van der Waals surface area contributed by atoms with Gasteiger partial charge in [-0.1, -0.05) is 30.3 Å². The van der Waals surface area contributed by atoms with E-state index in [0.717, 1.165) is 5.56 Å². The van der Waals surface area contributed by atoms with Crippen molar-refractivity contribution in [3.05, 3.63) is 35.9 Å². The number of alkyl carbamates (subject to hydrolysis) is 1. The third-order valence-corrected chi connectivity index (χ3v) is 2.66. The lowest BCUT2D eigenvalue weighted by atomic mass is 10.2. The van der Waals surface area contributed by atoms with E-state index >= 15 is 0 Å². The van der Waals surface area contributed by atoms with Gasteiger partial charge in [0.1, 0.15) is 11.7 Å². The molecule has 2 N–H and O–H groups in total. The molecule has 0 bridgehead atoms. The summed E-state index contributed by atoms with van der Waals surface area (Å²) in [6.45, 7) is 4.96. The van der Waals surface area contributed by atoms with Crippen LogP contribution in [-0.2, 0) is 16.1 Å². The maximum atomic E-state index is 13.7. The van der Waals surface area contributed by atoms with Crippen LogP contribution in [-0.4, -0.2) is 42.2 Å². The predicted molar refractivity (Wildman–Crippen MR) is 81.2 cm³/mol. The Morgan fingerprint density at radius 3 is 2.55 bits per heavy atom. The van der Waals surface area contributed by atoms with Crippen LogP contribution in [0.1, 0.15) is 26.3 Å². The molecule has 2 atom stereocenters. The van der Waals surface area contributed by atoms with Crippen LogP contribution in [0.2, 0.25) is 0 Å². The van der Waals surface area contributed by atoms with Crippen LogP contribution in [0.25, 0.3) is 0 Å². The number of carbonyl (C=O) groups excluding carboxylic acids is 1. The minimum absolute atomic E-state index is 0.231. The van der Waals surface area contributed by atoms with E-state index in [1.165, 1.54) is 0 Å². The lowest BCUT2D eigenvalue weighted by Crippen LogP contribution is -2.41. The Bertz CT molecular complexity index is 447. The Balaban J connectivity index is 2.21. The second-order valence-corrected chi connectivity index (χ2v) is 5.97. The van der Waals surface area contributed by atoms with E-state index in [4.69, 9.17) is 9.47 Å². The average molecular weight is 313 g/mol. The number of amides is 1. The molecule has 0 saturated carbocycles. The van der Waals surface area contributed by atoms with Crippen molar-refractivity contribution in [3.63, 3.8) is 0 Å². The maximum Gasteiger partial charge on any atom is 0.407 e. The number of alkyl halides is 1.